The predicted octanol–water partition coefficient (Wildman–Crippen LogP) is 5.69. The van der Waals surface area contributed by atoms with Crippen molar-refractivity contribution in [3.8, 4) is 16.9 Å². The van der Waals surface area contributed by atoms with Crippen LogP contribution in [0.2, 0.25) is 0 Å². The standard InChI is InChI=1S/C16H9ClF8O4S/c17-13(18,19)14(20,21)29-15(22,23)16(24,25)30(26,27)28-12-8-6-11(7-9-12)10-4-2-1-3-5-10/h1-9H. The van der Waals surface area contributed by atoms with Crippen LogP contribution in [-0.4, -0.2) is 31.3 Å². The van der Waals surface area contributed by atoms with Gasteiger partial charge in [-0.1, -0.05) is 42.5 Å². The maximum absolute atomic E-state index is 13.7. The Morgan fingerprint density at radius 1 is 0.700 bits per heavy atom. The molecule has 0 aliphatic rings. The molecule has 0 saturated carbocycles. The number of hydrogen-bond acceptors (Lipinski definition) is 4. The van der Waals surface area contributed by atoms with Gasteiger partial charge in [0.15, 0.2) is 0 Å². The number of rotatable bonds is 8. The largest absolute Gasteiger partial charge is 0.471 e. The summed E-state index contributed by atoms with van der Waals surface area (Å²) in [4.78, 5) is 0. The van der Waals surface area contributed by atoms with Crippen molar-refractivity contribution in [2.45, 2.75) is 22.9 Å². The molecule has 0 heterocycles. The first-order chi connectivity index (χ1) is 13.5. The Hall–Kier alpha value is -2.12. The van der Waals surface area contributed by atoms with Crippen LogP contribution in [0.5, 0.6) is 5.75 Å². The molecule has 14 heteroatoms. The molecule has 0 saturated heterocycles. The molecule has 30 heavy (non-hydrogen) atoms. The second-order valence-electron chi connectivity index (χ2n) is 5.58. The van der Waals surface area contributed by atoms with Crippen LogP contribution in [0, 0.1) is 0 Å². The van der Waals surface area contributed by atoms with E-state index in [0.29, 0.717) is 11.1 Å². The second-order valence-corrected chi connectivity index (χ2v) is 7.64. The molecule has 166 valence electrons. The zero-order chi connectivity index (χ0) is 23.0. The van der Waals surface area contributed by atoms with Crippen LogP contribution in [0.3, 0.4) is 0 Å². The molecule has 0 aromatic heterocycles. The Kier molecular flexibility index (Phi) is 6.32. The van der Waals surface area contributed by atoms with Gasteiger partial charge in [-0.05, 0) is 34.9 Å². The van der Waals surface area contributed by atoms with Crippen LogP contribution in [0.25, 0.3) is 11.1 Å². The monoisotopic (exact) mass is 484 g/mol. The molecular formula is C16H9ClF8O4S. The Morgan fingerprint density at radius 3 is 1.63 bits per heavy atom. The first-order valence-electron chi connectivity index (χ1n) is 7.50. The molecular weight excluding hydrogens is 476 g/mol. The Balaban J connectivity index is 2.26. The molecule has 0 spiro atoms. The average molecular weight is 485 g/mol. The third-order valence-electron chi connectivity index (χ3n) is 3.41. The number of ether oxygens (including phenoxy) is 1. The molecule has 0 atom stereocenters. The van der Waals surface area contributed by atoms with Gasteiger partial charge in [-0.25, -0.2) is 4.74 Å². The fourth-order valence-electron chi connectivity index (χ4n) is 1.94. The molecule has 4 nitrogen and oxygen atoms in total. The Morgan fingerprint density at radius 2 is 1.17 bits per heavy atom. The van der Waals surface area contributed by atoms with Crippen molar-refractivity contribution in [3.05, 3.63) is 54.6 Å². The molecule has 0 radical (unpaired) electrons. The van der Waals surface area contributed by atoms with Crippen LogP contribution in [-0.2, 0) is 14.9 Å². The quantitative estimate of drug-likeness (QED) is 0.274. The van der Waals surface area contributed by atoms with E-state index in [1.165, 1.54) is 12.1 Å². The lowest BCUT2D eigenvalue weighted by atomic mass is 10.1. The van der Waals surface area contributed by atoms with Crippen LogP contribution >= 0.6 is 11.6 Å². The maximum atomic E-state index is 13.7. The van der Waals surface area contributed by atoms with E-state index in [-0.39, 0.29) is 0 Å². The molecule has 2 aromatic rings. The fourth-order valence-corrected chi connectivity index (χ4v) is 2.78. The van der Waals surface area contributed by atoms with Crippen molar-refractivity contribution in [3.63, 3.8) is 0 Å². The normalized spacial score (nSPS) is 13.9. The van der Waals surface area contributed by atoms with Crippen LogP contribution in [0.15, 0.2) is 54.6 Å². The lowest BCUT2D eigenvalue weighted by molar-refractivity contribution is -0.443. The van der Waals surface area contributed by atoms with Crippen molar-refractivity contribution >= 4 is 21.7 Å². The first kappa shape index (κ1) is 24.2. The molecule has 0 bridgehead atoms. The molecule has 0 amide bonds. The van der Waals surface area contributed by atoms with Crippen molar-refractivity contribution in [1.82, 2.24) is 0 Å². The minimum absolute atomic E-state index is 0.463. The van der Waals surface area contributed by atoms with Crippen molar-refractivity contribution in [2.75, 3.05) is 0 Å². The highest BCUT2D eigenvalue weighted by Gasteiger charge is 2.75. The van der Waals surface area contributed by atoms with E-state index in [4.69, 9.17) is 0 Å². The summed E-state index contributed by atoms with van der Waals surface area (Å²) in [6.07, 6.45) is -13.0. The van der Waals surface area contributed by atoms with Gasteiger partial charge in [-0.2, -0.15) is 43.5 Å². The molecule has 0 aliphatic carbocycles. The van der Waals surface area contributed by atoms with Gasteiger partial charge in [0.1, 0.15) is 5.75 Å². The van der Waals surface area contributed by atoms with E-state index < -0.39 is 38.7 Å². The SMILES string of the molecule is O=S(=O)(Oc1ccc(-c2ccccc2)cc1)C(F)(F)C(F)(F)OC(F)(F)C(F)(F)Cl. The molecule has 2 aromatic carbocycles. The summed E-state index contributed by atoms with van der Waals surface area (Å²) >= 11 is 3.82. The third-order valence-corrected chi connectivity index (χ3v) is 4.90. The lowest BCUT2D eigenvalue weighted by Crippen LogP contribution is -2.55. The number of hydrogen-bond donors (Lipinski definition) is 0. The van der Waals surface area contributed by atoms with E-state index in [1.54, 1.807) is 30.3 Å². The van der Waals surface area contributed by atoms with Gasteiger partial charge in [0.2, 0.25) is 0 Å². The summed E-state index contributed by atoms with van der Waals surface area (Å²) in [5, 5.41) is -12.3. The van der Waals surface area contributed by atoms with Gasteiger partial charge in [-0.3, -0.25) is 0 Å². The summed E-state index contributed by atoms with van der Waals surface area (Å²) in [7, 11) is -6.70. The van der Waals surface area contributed by atoms with Gasteiger partial charge in [-0.15, -0.1) is 0 Å². The molecule has 2 rings (SSSR count). The Bertz CT molecular complexity index is 977. The van der Waals surface area contributed by atoms with Gasteiger partial charge in [0.05, 0.1) is 0 Å². The third kappa shape index (κ3) is 4.78. The average Bonchev–Trinajstić information content (AvgIpc) is 2.60. The van der Waals surface area contributed by atoms with Crippen molar-refractivity contribution < 1.29 is 52.5 Å². The van der Waals surface area contributed by atoms with Crippen molar-refractivity contribution in [1.29, 1.82) is 0 Å². The molecule has 0 aliphatic heterocycles. The highest BCUT2D eigenvalue weighted by Crippen LogP contribution is 2.48. The smallest absolute Gasteiger partial charge is 0.378 e. The predicted molar refractivity (Wildman–Crippen MR) is 88.2 cm³/mol. The molecule has 0 fully saturated rings. The summed E-state index contributed by atoms with van der Waals surface area (Å²) in [6.45, 7) is 0. The topological polar surface area (TPSA) is 52.6 Å². The highest BCUT2D eigenvalue weighted by molar-refractivity contribution is 7.88. The van der Waals surface area contributed by atoms with Crippen LogP contribution in [0.4, 0.5) is 35.1 Å². The van der Waals surface area contributed by atoms with Crippen LogP contribution < -0.4 is 4.18 Å². The summed E-state index contributed by atoms with van der Waals surface area (Å²) in [5.74, 6) is -0.889. The van der Waals surface area contributed by atoms with E-state index >= 15 is 0 Å². The first-order valence-corrected chi connectivity index (χ1v) is 9.29. The van der Waals surface area contributed by atoms with Gasteiger partial charge < -0.3 is 4.18 Å². The second kappa shape index (κ2) is 7.85. The molecule has 0 unspecified atom stereocenters. The van der Waals surface area contributed by atoms with E-state index in [1.807, 2.05) is 0 Å². The number of alkyl halides is 9. The van der Waals surface area contributed by atoms with E-state index in [2.05, 4.69) is 20.5 Å². The van der Waals surface area contributed by atoms with Crippen LogP contribution in [0.1, 0.15) is 0 Å². The highest BCUT2D eigenvalue weighted by atomic mass is 35.5. The number of halogens is 9. The van der Waals surface area contributed by atoms with E-state index in [9.17, 15) is 43.5 Å². The zero-order valence-electron chi connectivity index (χ0n) is 14.1. The Labute approximate surface area is 169 Å². The minimum Gasteiger partial charge on any atom is -0.378 e. The fraction of sp³-hybridized carbons (Fsp3) is 0.250. The van der Waals surface area contributed by atoms with Gasteiger partial charge in [0, 0.05) is 0 Å². The van der Waals surface area contributed by atoms with E-state index in [0.717, 1.165) is 12.1 Å². The summed E-state index contributed by atoms with van der Waals surface area (Å²) in [6, 6.07) is 12.3. The summed E-state index contributed by atoms with van der Waals surface area (Å²) < 4.78 is 134. The maximum Gasteiger partial charge on any atom is 0.471 e. The van der Waals surface area contributed by atoms with Crippen molar-refractivity contribution in [2.24, 2.45) is 0 Å². The number of benzene rings is 2. The van der Waals surface area contributed by atoms with Gasteiger partial charge >= 0.3 is 33.0 Å². The lowest BCUT2D eigenvalue weighted by Gasteiger charge is -2.29. The zero-order valence-corrected chi connectivity index (χ0v) is 15.7. The minimum atomic E-state index is -6.70. The molecule has 0 N–H and O–H groups in total. The van der Waals surface area contributed by atoms with Gasteiger partial charge in [0.25, 0.3) is 0 Å². The summed E-state index contributed by atoms with van der Waals surface area (Å²) in [5.41, 5.74) is 1.09.